The van der Waals surface area contributed by atoms with E-state index in [1.807, 2.05) is 0 Å². The van der Waals surface area contributed by atoms with Gasteiger partial charge < -0.3 is 29.2 Å². The zero-order chi connectivity index (χ0) is 15.9. The van der Waals surface area contributed by atoms with Gasteiger partial charge in [-0.05, 0) is 0 Å². The number of carbonyl (C=O) groups is 3. The lowest BCUT2D eigenvalue weighted by atomic mass is 10.7. The average Bonchev–Trinajstić information content (AvgIpc) is 2.52. The largest absolute Gasteiger partial charge is 0.513 e. The van der Waals surface area contributed by atoms with Crippen molar-refractivity contribution in [3.63, 3.8) is 0 Å². The Hall–Kier alpha value is -2.47. The molecule has 2 N–H and O–H groups in total. The summed E-state index contributed by atoms with van der Waals surface area (Å²) in [6.45, 7) is -1.66. The normalized spacial score (nSPS) is 20.9. The molecule has 1 aliphatic heterocycles. The van der Waals surface area contributed by atoms with Gasteiger partial charge in [-0.3, -0.25) is 0 Å². The first-order valence-electron chi connectivity index (χ1n) is 4.34. The number of cyclic esters (lactones) is 2. The summed E-state index contributed by atoms with van der Waals surface area (Å²) in [4.78, 5) is 28.9. The topological polar surface area (TPSA) is 129 Å². The van der Waals surface area contributed by atoms with Crippen LogP contribution in [0.3, 0.4) is 0 Å². The standard InChI is InChI=1S/C4H4F2O6.C3H2F2O3/c5-4(6,12-3(9)10)1-11-2(7)8;4-1-2(5)8-3(6)7-1/h1H2,(H,7,8)(H,9,10);1-2H/t;1-,2-/m.0/s1. The highest BCUT2D eigenvalue weighted by atomic mass is 19.3. The molecular formula is C7H6F4O9. The maximum absolute atomic E-state index is 12.0. The fourth-order valence-corrected chi connectivity index (χ4v) is 0.622. The van der Waals surface area contributed by atoms with Crippen LogP contribution in [0, 0.1) is 0 Å². The van der Waals surface area contributed by atoms with Gasteiger partial charge in [-0.15, -0.1) is 0 Å². The van der Waals surface area contributed by atoms with E-state index in [1.165, 1.54) is 0 Å². The lowest BCUT2D eigenvalue weighted by Crippen LogP contribution is -2.30. The minimum Gasteiger partial charge on any atom is -0.450 e. The van der Waals surface area contributed by atoms with Crippen LogP contribution in [0.1, 0.15) is 0 Å². The molecule has 0 spiro atoms. The monoisotopic (exact) mass is 310 g/mol. The Morgan fingerprint density at radius 3 is 1.85 bits per heavy atom. The van der Waals surface area contributed by atoms with E-state index in [9.17, 15) is 31.9 Å². The molecule has 0 saturated carbocycles. The third-order valence-corrected chi connectivity index (χ3v) is 1.22. The molecule has 9 nitrogen and oxygen atoms in total. The highest BCUT2D eigenvalue weighted by Gasteiger charge is 2.37. The molecule has 1 fully saturated rings. The molecule has 2 atom stereocenters. The minimum absolute atomic E-state index is 1.30. The Balaban J connectivity index is 0.000000388. The Kier molecular flexibility index (Phi) is 6.31. The number of hydrogen-bond donors (Lipinski definition) is 2. The summed E-state index contributed by atoms with van der Waals surface area (Å²) in [5, 5.41) is 15.5. The first-order chi connectivity index (χ1) is 9.03. The Bertz CT molecular complexity index is 361. The molecule has 116 valence electrons. The fraction of sp³-hybridized carbons (Fsp3) is 0.571. The molecule has 0 bridgehead atoms. The Morgan fingerprint density at radius 2 is 1.60 bits per heavy atom. The second kappa shape index (κ2) is 7.20. The lowest BCUT2D eigenvalue weighted by molar-refractivity contribution is -0.230. The molecule has 0 unspecified atom stereocenters. The summed E-state index contributed by atoms with van der Waals surface area (Å²) < 4.78 is 60.8. The number of alkyl halides is 4. The molecule has 0 amide bonds. The lowest BCUT2D eigenvalue weighted by Gasteiger charge is -2.12. The summed E-state index contributed by atoms with van der Waals surface area (Å²) in [7, 11) is 0. The maximum Gasteiger partial charge on any atom is 0.513 e. The van der Waals surface area contributed by atoms with Gasteiger partial charge in [0, 0.05) is 0 Å². The van der Waals surface area contributed by atoms with Crippen molar-refractivity contribution in [2.75, 3.05) is 6.61 Å². The van der Waals surface area contributed by atoms with Crippen LogP contribution in [-0.2, 0) is 18.9 Å². The Labute approximate surface area is 106 Å². The minimum atomic E-state index is -4.15. The fourth-order valence-electron chi connectivity index (χ4n) is 0.622. The van der Waals surface area contributed by atoms with Crippen LogP contribution in [-0.4, -0.2) is 54.1 Å². The molecule has 0 aromatic rings. The van der Waals surface area contributed by atoms with E-state index >= 15 is 0 Å². The molecule has 0 aromatic carbocycles. The number of halogens is 4. The van der Waals surface area contributed by atoms with Gasteiger partial charge in [0.25, 0.3) is 0 Å². The zero-order valence-electron chi connectivity index (χ0n) is 9.13. The molecule has 0 radical (unpaired) electrons. The zero-order valence-corrected chi connectivity index (χ0v) is 9.13. The second-order valence-corrected chi connectivity index (χ2v) is 2.75. The molecule has 1 saturated heterocycles. The van der Waals surface area contributed by atoms with Crippen LogP contribution in [0.25, 0.3) is 0 Å². The smallest absolute Gasteiger partial charge is 0.450 e. The molecule has 20 heavy (non-hydrogen) atoms. The van der Waals surface area contributed by atoms with Gasteiger partial charge in [0.05, 0.1) is 0 Å². The maximum atomic E-state index is 12.0. The first-order valence-corrected chi connectivity index (χ1v) is 4.34. The van der Waals surface area contributed by atoms with E-state index in [4.69, 9.17) is 10.2 Å². The quantitative estimate of drug-likeness (QED) is 0.454. The van der Waals surface area contributed by atoms with Crippen LogP contribution < -0.4 is 0 Å². The molecule has 1 aliphatic rings. The van der Waals surface area contributed by atoms with Crippen molar-refractivity contribution < 1.29 is 61.1 Å². The van der Waals surface area contributed by atoms with Crippen LogP contribution in [0.4, 0.5) is 31.9 Å². The number of rotatable bonds is 3. The molecule has 0 aliphatic carbocycles. The third-order valence-electron chi connectivity index (χ3n) is 1.22. The van der Waals surface area contributed by atoms with Gasteiger partial charge in [-0.2, -0.15) is 17.6 Å². The van der Waals surface area contributed by atoms with E-state index in [-0.39, 0.29) is 0 Å². The number of ether oxygens (including phenoxy) is 4. The number of carbonyl (C=O) groups excluding carboxylic acids is 1. The van der Waals surface area contributed by atoms with Gasteiger partial charge in [-0.1, -0.05) is 0 Å². The van der Waals surface area contributed by atoms with Gasteiger partial charge in [0.1, 0.15) is 0 Å². The second-order valence-electron chi connectivity index (χ2n) is 2.75. The predicted octanol–water partition coefficient (Wildman–Crippen LogP) is 1.71. The van der Waals surface area contributed by atoms with Crippen molar-refractivity contribution in [1.29, 1.82) is 0 Å². The first kappa shape index (κ1) is 17.5. The van der Waals surface area contributed by atoms with Crippen molar-refractivity contribution in [3.8, 4) is 0 Å². The van der Waals surface area contributed by atoms with Crippen LogP contribution >= 0.6 is 0 Å². The van der Waals surface area contributed by atoms with E-state index in [1.54, 1.807) is 0 Å². The van der Waals surface area contributed by atoms with Crippen molar-refractivity contribution in [1.82, 2.24) is 0 Å². The van der Waals surface area contributed by atoms with E-state index in [0.717, 1.165) is 0 Å². The van der Waals surface area contributed by atoms with Gasteiger partial charge in [0.2, 0.25) is 0 Å². The summed E-state index contributed by atoms with van der Waals surface area (Å²) in [5.74, 6) is 0. The highest BCUT2D eigenvalue weighted by Crippen LogP contribution is 2.16. The van der Waals surface area contributed by atoms with Crippen molar-refractivity contribution >= 4 is 18.5 Å². The Morgan fingerprint density at radius 1 is 1.15 bits per heavy atom. The van der Waals surface area contributed by atoms with Crippen molar-refractivity contribution in [3.05, 3.63) is 0 Å². The van der Waals surface area contributed by atoms with E-state index in [0.29, 0.717) is 0 Å². The predicted molar refractivity (Wildman–Crippen MR) is 45.4 cm³/mol. The molecule has 1 heterocycles. The van der Waals surface area contributed by atoms with E-state index in [2.05, 4.69) is 18.9 Å². The average molecular weight is 310 g/mol. The number of hydrogen-bond acceptors (Lipinski definition) is 7. The summed E-state index contributed by atoms with van der Waals surface area (Å²) in [5.41, 5.74) is 0. The summed E-state index contributed by atoms with van der Waals surface area (Å²) >= 11 is 0. The number of carboxylic acid groups (broad SMARTS) is 2. The van der Waals surface area contributed by atoms with Gasteiger partial charge in [-0.25, -0.2) is 14.4 Å². The van der Waals surface area contributed by atoms with Crippen molar-refractivity contribution in [2.24, 2.45) is 0 Å². The summed E-state index contributed by atoms with van der Waals surface area (Å²) in [6, 6.07) is 0. The van der Waals surface area contributed by atoms with Crippen molar-refractivity contribution in [2.45, 2.75) is 18.8 Å². The van der Waals surface area contributed by atoms with E-state index < -0.39 is 43.9 Å². The highest BCUT2D eigenvalue weighted by molar-refractivity contribution is 5.61. The molecular weight excluding hydrogens is 304 g/mol. The van der Waals surface area contributed by atoms with Gasteiger partial charge >= 0.3 is 37.3 Å². The SMILES string of the molecule is O=C(O)OCC(F)(F)OC(=O)O.O=C1O[C@H](F)[C@@H](F)O1. The molecule has 1 rings (SSSR count). The van der Waals surface area contributed by atoms with Crippen LogP contribution in [0.15, 0.2) is 0 Å². The molecule has 13 heteroatoms. The van der Waals surface area contributed by atoms with Gasteiger partial charge in [0.15, 0.2) is 6.61 Å². The van der Waals surface area contributed by atoms with Crippen LogP contribution in [0.2, 0.25) is 0 Å². The summed E-state index contributed by atoms with van der Waals surface area (Å²) in [6.07, 6.45) is -14.1. The molecule has 0 aromatic heterocycles. The third kappa shape index (κ3) is 7.78. The van der Waals surface area contributed by atoms with Crippen LogP contribution in [0.5, 0.6) is 0 Å².